The van der Waals surface area contributed by atoms with Crippen molar-refractivity contribution in [3.8, 4) is 11.5 Å². The molecule has 3 rings (SSSR count). The number of methoxy groups -OCH3 is 2. The lowest BCUT2D eigenvalue weighted by Crippen LogP contribution is -2.47. The molecule has 1 fully saturated rings. The van der Waals surface area contributed by atoms with Crippen LogP contribution in [0.2, 0.25) is 0 Å². The highest BCUT2D eigenvalue weighted by molar-refractivity contribution is 5.79. The summed E-state index contributed by atoms with van der Waals surface area (Å²) >= 11 is 0. The van der Waals surface area contributed by atoms with Crippen LogP contribution in [0.25, 0.3) is 0 Å². The Morgan fingerprint density at radius 2 is 1.90 bits per heavy atom. The van der Waals surface area contributed by atoms with Gasteiger partial charge >= 0.3 is 0 Å². The van der Waals surface area contributed by atoms with Crippen molar-refractivity contribution in [2.45, 2.75) is 51.0 Å². The van der Waals surface area contributed by atoms with Crippen molar-refractivity contribution in [2.75, 3.05) is 34.4 Å². The van der Waals surface area contributed by atoms with Crippen LogP contribution >= 0.6 is 0 Å². The summed E-state index contributed by atoms with van der Waals surface area (Å²) in [5, 5.41) is 11.3. The van der Waals surface area contributed by atoms with Gasteiger partial charge in [0.05, 0.1) is 27.0 Å². The first-order valence-electron chi connectivity index (χ1n) is 10.8. The molecular weight excluding hydrogens is 378 g/mol. The number of benzene rings is 1. The van der Waals surface area contributed by atoms with Crippen molar-refractivity contribution in [2.24, 2.45) is 4.99 Å². The average molecular weight is 414 g/mol. The molecule has 164 valence electrons. The van der Waals surface area contributed by atoms with Crippen LogP contribution in [0.4, 0.5) is 0 Å². The van der Waals surface area contributed by atoms with E-state index in [-0.39, 0.29) is 5.41 Å². The van der Waals surface area contributed by atoms with E-state index in [0.717, 1.165) is 49.9 Å². The minimum Gasteiger partial charge on any atom is -0.493 e. The van der Waals surface area contributed by atoms with Crippen LogP contribution in [0, 0.1) is 6.92 Å². The van der Waals surface area contributed by atoms with E-state index in [2.05, 4.69) is 39.8 Å². The van der Waals surface area contributed by atoms with E-state index in [1.807, 2.05) is 30.2 Å². The predicted molar refractivity (Wildman–Crippen MR) is 121 cm³/mol. The maximum atomic E-state index is 5.57. The molecule has 1 aromatic carbocycles. The van der Waals surface area contributed by atoms with Gasteiger partial charge in [0.15, 0.2) is 17.5 Å². The summed E-state index contributed by atoms with van der Waals surface area (Å²) in [7, 11) is 5.19. The van der Waals surface area contributed by atoms with E-state index in [9.17, 15) is 0 Å². The van der Waals surface area contributed by atoms with Crippen molar-refractivity contribution in [3.63, 3.8) is 0 Å². The summed E-state index contributed by atoms with van der Waals surface area (Å²) in [4.78, 5) is 4.41. The van der Waals surface area contributed by atoms with Crippen LogP contribution in [0.15, 0.2) is 35.6 Å². The van der Waals surface area contributed by atoms with E-state index in [1.165, 1.54) is 30.4 Å². The zero-order valence-electron chi connectivity index (χ0n) is 18.7. The number of hydrogen-bond acceptors (Lipinski definition) is 4. The summed E-state index contributed by atoms with van der Waals surface area (Å²) in [6.07, 6.45) is 10.00. The molecular formula is C23H35N5O2. The van der Waals surface area contributed by atoms with E-state index < -0.39 is 0 Å². The minimum absolute atomic E-state index is 0.0640. The van der Waals surface area contributed by atoms with Gasteiger partial charge in [-0.2, -0.15) is 5.10 Å². The third-order valence-electron chi connectivity index (χ3n) is 6.02. The highest BCUT2D eigenvalue weighted by atomic mass is 16.5. The van der Waals surface area contributed by atoms with Gasteiger partial charge in [-0.1, -0.05) is 25.3 Å². The number of rotatable bonds is 8. The fourth-order valence-electron chi connectivity index (χ4n) is 4.31. The third kappa shape index (κ3) is 5.26. The molecule has 2 N–H and O–H groups in total. The zero-order chi connectivity index (χ0) is 21.4. The molecule has 2 aromatic rings. The lowest BCUT2D eigenvalue weighted by molar-refractivity contribution is 0.288. The molecule has 0 bridgehead atoms. The molecule has 7 nitrogen and oxygen atoms in total. The molecule has 0 saturated heterocycles. The normalized spacial score (nSPS) is 16.2. The molecule has 1 heterocycles. The average Bonchev–Trinajstić information content (AvgIpc) is 3.21. The lowest BCUT2D eigenvalue weighted by Gasteiger charge is -2.38. The molecule has 1 aromatic heterocycles. The standard InChI is InChI=1S/C23H35N5O2/c1-18-15-27-28(16-18)13-12-25-22(24-2)26-17-23(10-6-5-7-11-23)19-8-9-20(29-3)21(14-19)30-4/h8-9,14-16H,5-7,10-13,17H2,1-4H3,(H2,24,25,26). The Balaban J connectivity index is 1.66. The quantitative estimate of drug-likeness (QED) is 0.513. The van der Waals surface area contributed by atoms with Crippen LogP contribution in [-0.4, -0.2) is 50.1 Å². The zero-order valence-corrected chi connectivity index (χ0v) is 18.7. The molecule has 1 aliphatic rings. The van der Waals surface area contributed by atoms with E-state index in [1.54, 1.807) is 14.2 Å². The molecule has 30 heavy (non-hydrogen) atoms. The Morgan fingerprint density at radius 3 is 2.53 bits per heavy atom. The Bertz CT molecular complexity index is 840. The second-order valence-electron chi connectivity index (χ2n) is 8.04. The van der Waals surface area contributed by atoms with Gasteiger partial charge in [0.2, 0.25) is 0 Å². The Hall–Kier alpha value is -2.70. The molecule has 0 spiro atoms. The lowest BCUT2D eigenvalue weighted by atomic mass is 9.69. The van der Waals surface area contributed by atoms with Gasteiger partial charge in [0.1, 0.15) is 0 Å². The van der Waals surface area contributed by atoms with Crippen molar-refractivity contribution >= 4 is 5.96 Å². The van der Waals surface area contributed by atoms with Crippen LogP contribution < -0.4 is 20.1 Å². The number of aliphatic imine (C=N–C) groups is 1. The van der Waals surface area contributed by atoms with Gasteiger partial charge in [0, 0.05) is 31.7 Å². The molecule has 0 radical (unpaired) electrons. The van der Waals surface area contributed by atoms with Crippen LogP contribution in [0.1, 0.15) is 43.2 Å². The Labute approximate surface area is 179 Å². The first-order valence-corrected chi connectivity index (χ1v) is 10.8. The van der Waals surface area contributed by atoms with Gasteiger partial charge in [0.25, 0.3) is 0 Å². The third-order valence-corrected chi connectivity index (χ3v) is 6.02. The largest absolute Gasteiger partial charge is 0.493 e. The number of aryl methyl sites for hydroxylation is 1. The highest BCUT2D eigenvalue weighted by Gasteiger charge is 2.34. The van der Waals surface area contributed by atoms with Crippen molar-refractivity contribution in [1.82, 2.24) is 20.4 Å². The topological polar surface area (TPSA) is 72.7 Å². The van der Waals surface area contributed by atoms with Gasteiger partial charge < -0.3 is 20.1 Å². The summed E-state index contributed by atoms with van der Waals surface area (Å²) < 4.78 is 12.9. The van der Waals surface area contributed by atoms with Crippen molar-refractivity contribution in [3.05, 3.63) is 41.7 Å². The minimum atomic E-state index is 0.0640. The molecule has 0 unspecified atom stereocenters. The van der Waals surface area contributed by atoms with E-state index >= 15 is 0 Å². The smallest absolute Gasteiger partial charge is 0.191 e. The summed E-state index contributed by atoms with van der Waals surface area (Å²) in [6.45, 7) is 4.46. The maximum Gasteiger partial charge on any atom is 0.191 e. The molecule has 7 heteroatoms. The molecule has 0 aliphatic heterocycles. The van der Waals surface area contributed by atoms with Gasteiger partial charge in [-0.3, -0.25) is 9.67 Å². The number of aromatic nitrogens is 2. The first kappa shape index (κ1) is 22.0. The monoisotopic (exact) mass is 413 g/mol. The predicted octanol–water partition coefficient (Wildman–Crippen LogP) is 3.28. The molecule has 1 aliphatic carbocycles. The second-order valence-corrected chi connectivity index (χ2v) is 8.04. The fraction of sp³-hybridized carbons (Fsp3) is 0.565. The van der Waals surface area contributed by atoms with Crippen LogP contribution in [-0.2, 0) is 12.0 Å². The van der Waals surface area contributed by atoms with Gasteiger partial charge in [-0.05, 0) is 43.0 Å². The summed E-state index contributed by atoms with van der Waals surface area (Å²) in [5.41, 5.74) is 2.54. The number of hydrogen-bond donors (Lipinski definition) is 2. The molecule has 1 saturated carbocycles. The number of nitrogens with one attached hydrogen (secondary N) is 2. The number of nitrogens with zero attached hydrogens (tertiary/aromatic N) is 3. The highest BCUT2D eigenvalue weighted by Crippen LogP contribution is 2.42. The van der Waals surface area contributed by atoms with E-state index in [4.69, 9.17) is 9.47 Å². The van der Waals surface area contributed by atoms with E-state index in [0.29, 0.717) is 0 Å². The van der Waals surface area contributed by atoms with Crippen molar-refractivity contribution in [1.29, 1.82) is 0 Å². The first-order chi connectivity index (χ1) is 14.6. The molecule has 0 amide bonds. The van der Waals surface area contributed by atoms with Crippen LogP contribution in [0.5, 0.6) is 11.5 Å². The second kappa shape index (κ2) is 10.4. The Morgan fingerprint density at radius 1 is 1.13 bits per heavy atom. The number of guanidine groups is 1. The van der Waals surface area contributed by atoms with Crippen molar-refractivity contribution < 1.29 is 9.47 Å². The maximum absolute atomic E-state index is 5.57. The van der Waals surface area contributed by atoms with Gasteiger partial charge in [-0.25, -0.2) is 0 Å². The number of ether oxygens (including phenoxy) is 2. The Kier molecular flexibility index (Phi) is 7.60. The summed E-state index contributed by atoms with van der Waals surface area (Å²) in [5.74, 6) is 2.38. The fourth-order valence-corrected chi connectivity index (χ4v) is 4.31. The van der Waals surface area contributed by atoms with Gasteiger partial charge in [-0.15, -0.1) is 0 Å². The molecule has 0 atom stereocenters. The SMILES string of the molecule is CN=C(NCCn1cc(C)cn1)NCC1(c2ccc(OC)c(OC)c2)CCCCC1. The van der Waals surface area contributed by atoms with Crippen LogP contribution in [0.3, 0.4) is 0 Å². The summed E-state index contributed by atoms with van der Waals surface area (Å²) in [6, 6.07) is 6.34.